The molecule has 6 nitrogen and oxygen atoms in total. The highest BCUT2D eigenvalue weighted by atomic mass is 32.2. The van der Waals surface area contributed by atoms with E-state index in [1.54, 1.807) is 0 Å². The van der Waals surface area contributed by atoms with E-state index in [-0.39, 0.29) is 11.7 Å². The number of para-hydroxylation sites is 1. The van der Waals surface area contributed by atoms with Crippen molar-refractivity contribution in [2.75, 3.05) is 11.1 Å². The maximum absolute atomic E-state index is 12.2. The molecule has 2 heterocycles. The Morgan fingerprint density at radius 2 is 2.07 bits per heavy atom. The third kappa shape index (κ3) is 3.88. The molecule has 0 bridgehead atoms. The number of aryl methyl sites for hydroxylation is 1. The Morgan fingerprint density at radius 3 is 2.96 bits per heavy atom. The van der Waals surface area contributed by atoms with Crippen LogP contribution in [0, 0.1) is 0 Å². The first kappa shape index (κ1) is 17.4. The van der Waals surface area contributed by atoms with Gasteiger partial charge in [0, 0.05) is 22.8 Å². The lowest BCUT2D eigenvalue weighted by molar-refractivity contribution is -0.113. The highest BCUT2D eigenvalue weighted by Crippen LogP contribution is 2.29. The van der Waals surface area contributed by atoms with Crippen molar-refractivity contribution in [2.45, 2.75) is 18.6 Å². The summed E-state index contributed by atoms with van der Waals surface area (Å²) in [7, 11) is 0. The van der Waals surface area contributed by atoms with Gasteiger partial charge in [-0.1, -0.05) is 49.0 Å². The van der Waals surface area contributed by atoms with Gasteiger partial charge in [-0.3, -0.25) is 4.79 Å². The van der Waals surface area contributed by atoms with Gasteiger partial charge in [0.15, 0.2) is 0 Å². The fourth-order valence-electron chi connectivity index (χ4n) is 2.82. The molecule has 0 unspecified atom stereocenters. The number of anilines is 1. The molecule has 0 radical (unpaired) electrons. The Kier molecular flexibility index (Phi) is 4.93. The van der Waals surface area contributed by atoms with Gasteiger partial charge in [-0.15, -0.1) is 10.2 Å². The minimum Gasteiger partial charge on any atom is -0.411 e. The van der Waals surface area contributed by atoms with E-state index < -0.39 is 0 Å². The van der Waals surface area contributed by atoms with E-state index in [0.717, 1.165) is 28.6 Å². The number of H-pyrrole nitrogens is 1. The van der Waals surface area contributed by atoms with Gasteiger partial charge in [-0.2, -0.15) is 0 Å². The van der Waals surface area contributed by atoms with E-state index in [0.29, 0.717) is 11.1 Å². The van der Waals surface area contributed by atoms with Crippen molar-refractivity contribution in [1.82, 2.24) is 15.2 Å². The summed E-state index contributed by atoms with van der Waals surface area (Å²) >= 11 is 1.22. The van der Waals surface area contributed by atoms with Crippen LogP contribution in [0.25, 0.3) is 22.4 Å². The molecule has 1 amide bonds. The second kappa shape index (κ2) is 7.67. The number of carbonyl (C=O) groups excluding carboxylic acids is 1. The molecule has 0 aliphatic rings. The predicted molar refractivity (Wildman–Crippen MR) is 107 cm³/mol. The van der Waals surface area contributed by atoms with Crippen LogP contribution >= 0.6 is 11.8 Å². The van der Waals surface area contributed by atoms with Crippen molar-refractivity contribution in [1.29, 1.82) is 0 Å². The zero-order valence-corrected chi connectivity index (χ0v) is 15.5. The van der Waals surface area contributed by atoms with Crippen molar-refractivity contribution in [3.63, 3.8) is 0 Å². The molecular formula is C20H18N4O2S. The largest absolute Gasteiger partial charge is 0.411 e. The van der Waals surface area contributed by atoms with Gasteiger partial charge >= 0.3 is 0 Å². The van der Waals surface area contributed by atoms with Crippen molar-refractivity contribution in [2.24, 2.45) is 0 Å². The summed E-state index contributed by atoms with van der Waals surface area (Å²) in [6.07, 6.45) is 2.77. The number of thioether (sulfide) groups is 1. The highest BCUT2D eigenvalue weighted by Gasteiger charge is 2.14. The smallest absolute Gasteiger partial charge is 0.277 e. The summed E-state index contributed by atoms with van der Waals surface area (Å²) in [4.78, 5) is 15.4. The molecule has 2 aromatic carbocycles. The van der Waals surface area contributed by atoms with Crippen LogP contribution in [0.1, 0.15) is 12.5 Å². The highest BCUT2D eigenvalue weighted by molar-refractivity contribution is 7.99. The van der Waals surface area contributed by atoms with Gasteiger partial charge in [0.05, 0.1) is 11.3 Å². The molecule has 0 aliphatic heterocycles. The van der Waals surface area contributed by atoms with Crippen LogP contribution in [0.15, 0.2) is 64.4 Å². The number of benzene rings is 2. The van der Waals surface area contributed by atoms with Gasteiger partial charge in [0.25, 0.3) is 11.1 Å². The molecule has 4 rings (SSSR count). The zero-order chi connectivity index (χ0) is 18.6. The minimum absolute atomic E-state index is 0.111. The van der Waals surface area contributed by atoms with E-state index in [4.69, 9.17) is 4.42 Å². The summed E-state index contributed by atoms with van der Waals surface area (Å²) in [5.74, 6) is 0.525. The Balaban J connectivity index is 1.40. The summed E-state index contributed by atoms with van der Waals surface area (Å²) in [6.45, 7) is 2.08. The maximum Gasteiger partial charge on any atom is 0.277 e. The van der Waals surface area contributed by atoms with E-state index in [1.807, 2.05) is 54.7 Å². The van der Waals surface area contributed by atoms with Gasteiger partial charge in [0.1, 0.15) is 0 Å². The average Bonchev–Trinajstić information content (AvgIpc) is 3.33. The van der Waals surface area contributed by atoms with Crippen molar-refractivity contribution in [3.05, 3.63) is 60.3 Å². The third-order valence-electron chi connectivity index (χ3n) is 4.17. The number of hydrogen-bond acceptors (Lipinski definition) is 5. The minimum atomic E-state index is -0.111. The van der Waals surface area contributed by atoms with Crippen LogP contribution < -0.4 is 5.32 Å². The van der Waals surface area contributed by atoms with Crippen LogP contribution in [-0.2, 0) is 11.2 Å². The quantitative estimate of drug-likeness (QED) is 0.482. The summed E-state index contributed by atoms with van der Waals surface area (Å²) in [5, 5.41) is 12.4. The second-order valence-corrected chi connectivity index (χ2v) is 6.94. The lowest BCUT2D eigenvalue weighted by Gasteiger charge is -2.05. The van der Waals surface area contributed by atoms with Gasteiger partial charge in [-0.25, -0.2) is 0 Å². The SMILES string of the molecule is CCc1cccc(NC(=O)CSc2nnc(-c3c[nH]c4ccccc34)o2)c1. The van der Waals surface area contributed by atoms with Crippen LogP contribution in [0.2, 0.25) is 0 Å². The van der Waals surface area contributed by atoms with E-state index >= 15 is 0 Å². The Morgan fingerprint density at radius 1 is 1.19 bits per heavy atom. The summed E-state index contributed by atoms with van der Waals surface area (Å²) in [5.41, 5.74) is 3.84. The molecule has 27 heavy (non-hydrogen) atoms. The number of amides is 1. The fourth-order valence-corrected chi connectivity index (χ4v) is 3.38. The molecule has 0 spiro atoms. The number of nitrogens with one attached hydrogen (secondary N) is 2. The molecule has 7 heteroatoms. The lowest BCUT2D eigenvalue weighted by Crippen LogP contribution is -2.14. The van der Waals surface area contributed by atoms with Crippen LogP contribution in [0.3, 0.4) is 0 Å². The standard InChI is InChI=1S/C20H18N4O2S/c1-2-13-6-5-7-14(10-13)22-18(25)12-27-20-24-23-19(26-20)16-11-21-17-9-4-3-8-15(16)17/h3-11,21H,2,12H2,1H3,(H,22,25). The van der Waals surface area contributed by atoms with Gasteiger partial charge in [-0.05, 0) is 30.2 Å². The number of hydrogen-bond donors (Lipinski definition) is 2. The lowest BCUT2D eigenvalue weighted by atomic mass is 10.1. The first-order chi connectivity index (χ1) is 13.2. The fraction of sp³-hybridized carbons (Fsp3) is 0.150. The first-order valence-electron chi connectivity index (χ1n) is 8.64. The van der Waals surface area contributed by atoms with Crippen molar-refractivity contribution < 1.29 is 9.21 Å². The molecule has 2 N–H and O–H groups in total. The Labute approximate surface area is 160 Å². The maximum atomic E-state index is 12.2. The zero-order valence-electron chi connectivity index (χ0n) is 14.7. The monoisotopic (exact) mass is 378 g/mol. The summed E-state index contributed by atoms with van der Waals surface area (Å²) < 4.78 is 5.71. The number of aromatic nitrogens is 3. The molecule has 0 saturated heterocycles. The molecule has 136 valence electrons. The molecular weight excluding hydrogens is 360 g/mol. The molecule has 0 fully saturated rings. The van der Waals surface area contributed by atoms with Crippen LogP contribution in [-0.4, -0.2) is 26.8 Å². The Bertz CT molecular complexity index is 1090. The molecule has 2 aromatic heterocycles. The first-order valence-corrected chi connectivity index (χ1v) is 9.63. The predicted octanol–water partition coefficient (Wildman–Crippen LogP) is 4.51. The topological polar surface area (TPSA) is 83.8 Å². The van der Waals surface area contributed by atoms with E-state index in [9.17, 15) is 4.79 Å². The number of carbonyl (C=O) groups is 1. The summed E-state index contributed by atoms with van der Waals surface area (Å²) in [6, 6.07) is 15.7. The molecule has 0 atom stereocenters. The van der Waals surface area contributed by atoms with E-state index in [2.05, 4.69) is 27.4 Å². The second-order valence-electron chi connectivity index (χ2n) is 6.01. The van der Waals surface area contributed by atoms with Crippen LogP contribution in [0.4, 0.5) is 5.69 Å². The third-order valence-corrected chi connectivity index (χ3v) is 4.99. The van der Waals surface area contributed by atoms with Gasteiger partial charge < -0.3 is 14.7 Å². The van der Waals surface area contributed by atoms with Gasteiger partial charge in [0.2, 0.25) is 5.91 Å². The average molecular weight is 378 g/mol. The normalized spacial score (nSPS) is 11.0. The Hall–Kier alpha value is -3.06. The number of nitrogens with zero attached hydrogens (tertiary/aromatic N) is 2. The van der Waals surface area contributed by atoms with E-state index in [1.165, 1.54) is 17.3 Å². The van der Waals surface area contributed by atoms with Crippen molar-refractivity contribution in [3.8, 4) is 11.5 Å². The van der Waals surface area contributed by atoms with Crippen molar-refractivity contribution >= 4 is 34.3 Å². The number of rotatable bonds is 6. The number of fused-ring (bicyclic) bond motifs is 1. The molecule has 0 saturated carbocycles. The molecule has 4 aromatic rings. The number of aromatic amines is 1. The van der Waals surface area contributed by atoms with Crippen LogP contribution in [0.5, 0.6) is 0 Å². The molecule has 0 aliphatic carbocycles.